The summed E-state index contributed by atoms with van der Waals surface area (Å²) in [5, 5.41) is 13.2. The molecule has 6 heteroatoms. The lowest BCUT2D eigenvalue weighted by molar-refractivity contribution is -0.117. The van der Waals surface area contributed by atoms with Crippen LogP contribution in [0.15, 0.2) is 30.5 Å². The van der Waals surface area contributed by atoms with Crippen molar-refractivity contribution < 1.29 is 14.7 Å². The first-order chi connectivity index (χ1) is 13.4. The van der Waals surface area contributed by atoms with Crippen LogP contribution in [0.25, 0.3) is 10.9 Å². The lowest BCUT2D eigenvalue weighted by Gasteiger charge is -2.32. The molecule has 0 aliphatic carbocycles. The Morgan fingerprint density at radius 3 is 2.50 bits per heavy atom. The summed E-state index contributed by atoms with van der Waals surface area (Å²) in [5.41, 5.74) is 1.44. The number of likely N-dealkylation sites (tertiary alicyclic amines) is 1. The number of nitrogens with zero attached hydrogens (tertiary/aromatic N) is 2. The molecule has 3 rings (SSSR count). The van der Waals surface area contributed by atoms with Crippen molar-refractivity contribution >= 4 is 22.6 Å². The predicted molar refractivity (Wildman–Crippen MR) is 111 cm³/mol. The van der Waals surface area contributed by atoms with E-state index in [2.05, 4.69) is 24.1 Å². The van der Waals surface area contributed by atoms with E-state index >= 15 is 0 Å². The second-order valence-electron chi connectivity index (χ2n) is 8.12. The summed E-state index contributed by atoms with van der Waals surface area (Å²) in [6, 6.07) is 7.95. The van der Waals surface area contributed by atoms with Crippen LogP contribution in [-0.4, -0.2) is 58.0 Å². The molecule has 1 unspecified atom stereocenters. The van der Waals surface area contributed by atoms with Gasteiger partial charge in [0.2, 0.25) is 0 Å². The quantitative estimate of drug-likeness (QED) is 0.568. The van der Waals surface area contributed by atoms with E-state index in [4.69, 9.17) is 0 Å². The van der Waals surface area contributed by atoms with Crippen molar-refractivity contribution in [3.05, 3.63) is 36.0 Å². The second-order valence-corrected chi connectivity index (χ2v) is 8.12. The molecule has 1 saturated heterocycles. The number of aromatic nitrogens is 1. The molecule has 1 amide bonds. The fourth-order valence-electron chi connectivity index (χ4n) is 3.86. The van der Waals surface area contributed by atoms with Gasteiger partial charge >= 0.3 is 0 Å². The van der Waals surface area contributed by atoms with Gasteiger partial charge in [0.1, 0.15) is 0 Å². The Morgan fingerprint density at radius 2 is 1.86 bits per heavy atom. The van der Waals surface area contributed by atoms with Crippen molar-refractivity contribution in [3.63, 3.8) is 0 Å². The number of benzene rings is 1. The van der Waals surface area contributed by atoms with Crippen molar-refractivity contribution in [2.24, 2.45) is 0 Å². The maximum Gasteiger partial charge on any atom is 0.292 e. The minimum atomic E-state index is -0.519. The van der Waals surface area contributed by atoms with Crippen LogP contribution in [0.2, 0.25) is 0 Å². The van der Waals surface area contributed by atoms with Crippen LogP contribution in [0.4, 0.5) is 0 Å². The zero-order chi connectivity index (χ0) is 20.3. The van der Waals surface area contributed by atoms with Gasteiger partial charge in [-0.25, -0.2) is 0 Å². The first kappa shape index (κ1) is 20.6. The number of aliphatic hydroxyl groups excluding tert-OH is 1. The molecule has 2 aromatic rings. The van der Waals surface area contributed by atoms with Crippen LogP contribution in [-0.2, 0) is 4.79 Å². The van der Waals surface area contributed by atoms with Gasteiger partial charge in [0.25, 0.3) is 11.7 Å². The fraction of sp³-hybridized carbons (Fsp3) is 0.545. The van der Waals surface area contributed by atoms with E-state index in [9.17, 15) is 14.7 Å². The van der Waals surface area contributed by atoms with Gasteiger partial charge < -0.3 is 19.9 Å². The first-order valence-electron chi connectivity index (χ1n) is 10.2. The Balaban J connectivity index is 1.63. The van der Waals surface area contributed by atoms with Gasteiger partial charge in [-0.05, 0) is 46.1 Å². The number of hydrogen-bond donors (Lipinski definition) is 2. The third-order valence-electron chi connectivity index (χ3n) is 5.53. The van der Waals surface area contributed by atoms with Gasteiger partial charge in [-0.1, -0.05) is 18.2 Å². The van der Waals surface area contributed by atoms with Crippen molar-refractivity contribution in [3.8, 4) is 0 Å². The first-order valence-corrected chi connectivity index (χ1v) is 10.2. The molecular weight excluding hydrogens is 354 g/mol. The highest BCUT2D eigenvalue weighted by Crippen LogP contribution is 2.25. The van der Waals surface area contributed by atoms with E-state index in [1.807, 2.05) is 28.8 Å². The molecule has 0 radical (unpaired) electrons. The summed E-state index contributed by atoms with van der Waals surface area (Å²) < 4.78 is 2.04. The molecule has 1 aromatic carbocycles. The number of carbonyl (C=O) groups excluding carboxylic acids is 2. The zero-order valence-electron chi connectivity index (χ0n) is 17.0. The number of fused-ring (bicyclic) bond motifs is 1. The van der Waals surface area contributed by atoms with Crippen molar-refractivity contribution in [2.75, 3.05) is 19.6 Å². The van der Waals surface area contributed by atoms with E-state index in [0.29, 0.717) is 5.56 Å². The number of Topliss-reactive ketones (excluding diaryl/α,β-unsaturated/α-hetero) is 1. The van der Waals surface area contributed by atoms with Crippen LogP contribution in [0, 0.1) is 0 Å². The van der Waals surface area contributed by atoms with Crippen LogP contribution >= 0.6 is 0 Å². The average Bonchev–Trinajstić information content (AvgIpc) is 3.06. The Hall–Kier alpha value is -2.18. The Kier molecular flexibility index (Phi) is 6.52. The third-order valence-corrected chi connectivity index (χ3v) is 5.53. The fourth-order valence-corrected chi connectivity index (χ4v) is 3.86. The van der Waals surface area contributed by atoms with Crippen LogP contribution in [0.5, 0.6) is 0 Å². The van der Waals surface area contributed by atoms with Crippen LogP contribution in [0.3, 0.4) is 0 Å². The van der Waals surface area contributed by atoms with E-state index < -0.39 is 11.7 Å². The standard InChI is InChI=1S/C22H31N3O3/c1-15(2)25-14-19(18-6-4-5-7-20(18)25)21(27)22(28)23-17-9-12-24(13-10-17)11-8-16(3)26/h4-7,14-17,26H,8-13H2,1-3H3,(H,23,28). The Morgan fingerprint density at radius 1 is 1.18 bits per heavy atom. The monoisotopic (exact) mass is 385 g/mol. The lowest BCUT2D eigenvalue weighted by atomic mass is 10.0. The highest BCUT2D eigenvalue weighted by Gasteiger charge is 2.26. The lowest BCUT2D eigenvalue weighted by Crippen LogP contribution is -2.46. The topological polar surface area (TPSA) is 74.6 Å². The minimum absolute atomic E-state index is 0.0256. The van der Waals surface area contributed by atoms with E-state index in [1.165, 1.54) is 0 Å². The predicted octanol–water partition coefficient (Wildman–Crippen LogP) is 2.76. The number of nitrogens with one attached hydrogen (secondary N) is 1. The molecule has 2 N–H and O–H groups in total. The molecule has 2 heterocycles. The number of aliphatic hydroxyl groups is 1. The summed E-state index contributed by atoms with van der Waals surface area (Å²) >= 11 is 0. The van der Waals surface area contributed by atoms with Gasteiger partial charge in [0, 0.05) is 48.8 Å². The summed E-state index contributed by atoms with van der Waals surface area (Å²) in [4.78, 5) is 27.8. The molecule has 0 bridgehead atoms. The zero-order valence-corrected chi connectivity index (χ0v) is 17.0. The second kappa shape index (κ2) is 8.88. The summed E-state index contributed by atoms with van der Waals surface area (Å²) in [7, 11) is 0. The van der Waals surface area contributed by atoms with Crippen LogP contribution in [0.1, 0.15) is 56.4 Å². The van der Waals surface area contributed by atoms with Crippen LogP contribution < -0.4 is 5.32 Å². The average molecular weight is 386 g/mol. The molecule has 152 valence electrons. The summed E-state index contributed by atoms with van der Waals surface area (Å²) in [6.07, 6.45) is 3.92. The number of ketones is 1. The molecule has 6 nitrogen and oxygen atoms in total. The van der Waals surface area contributed by atoms with E-state index in [-0.39, 0.29) is 18.2 Å². The van der Waals surface area contributed by atoms with E-state index in [0.717, 1.165) is 49.8 Å². The maximum atomic E-state index is 12.8. The third kappa shape index (κ3) is 4.62. The van der Waals surface area contributed by atoms with Gasteiger partial charge in [-0.2, -0.15) is 0 Å². The number of rotatable bonds is 7. The number of piperidine rings is 1. The molecule has 1 fully saturated rings. The minimum Gasteiger partial charge on any atom is -0.393 e. The SMILES string of the molecule is CC(O)CCN1CCC(NC(=O)C(=O)c2cn(C(C)C)c3ccccc23)CC1. The molecule has 1 aliphatic rings. The Bertz CT molecular complexity index is 833. The smallest absolute Gasteiger partial charge is 0.292 e. The number of carbonyl (C=O) groups is 2. The molecule has 1 aromatic heterocycles. The highest BCUT2D eigenvalue weighted by molar-refractivity contribution is 6.45. The van der Waals surface area contributed by atoms with Gasteiger partial charge in [0.15, 0.2) is 0 Å². The van der Waals surface area contributed by atoms with Gasteiger partial charge in [0.05, 0.1) is 11.7 Å². The maximum absolute atomic E-state index is 12.8. The van der Waals surface area contributed by atoms with Crippen molar-refractivity contribution in [1.82, 2.24) is 14.8 Å². The van der Waals surface area contributed by atoms with Gasteiger partial charge in [-0.15, -0.1) is 0 Å². The molecule has 0 spiro atoms. The summed E-state index contributed by atoms with van der Waals surface area (Å²) in [5.74, 6) is -0.985. The number of amides is 1. The normalized spacial score (nSPS) is 17.2. The van der Waals surface area contributed by atoms with Crippen molar-refractivity contribution in [2.45, 2.75) is 58.2 Å². The van der Waals surface area contributed by atoms with Gasteiger partial charge in [-0.3, -0.25) is 9.59 Å². The Labute approximate surface area is 166 Å². The number of hydrogen-bond acceptors (Lipinski definition) is 4. The molecule has 1 aliphatic heterocycles. The molecule has 0 saturated carbocycles. The highest BCUT2D eigenvalue weighted by atomic mass is 16.3. The summed E-state index contributed by atoms with van der Waals surface area (Å²) in [6.45, 7) is 8.54. The van der Waals surface area contributed by atoms with Crippen molar-refractivity contribution in [1.29, 1.82) is 0 Å². The largest absolute Gasteiger partial charge is 0.393 e. The molecule has 28 heavy (non-hydrogen) atoms. The molecule has 1 atom stereocenters. The number of para-hydroxylation sites is 1. The molecular formula is C22H31N3O3. The van der Waals surface area contributed by atoms with E-state index in [1.54, 1.807) is 13.1 Å².